The van der Waals surface area contributed by atoms with E-state index in [0.29, 0.717) is 23.2 Å². The zero-order valence-corrected chi connectivity index (χ0v) is 16.8. The van der Waals surface area contributed by atoms with Gasteiger partial charge in [-0.1, -0.05) is 25.7 Å². The molecule has 1 saturated carbocycles. The van der Waals surface area contributed by atoms with E-state index in [1.807, 2.05) is 7.05 Å². The van der Waals surface area contributed by atoms with E-state index in [4.69, 9.17) is 4.74 Å². The summed E-state index contributed by atoms with van der Waals surface area (Å²) in [5, 5.41) is 3.68. The number of likely N-dealkylation sites (N-methyl/N-ethyl adjacent to an activating group) is 1. The Morgan fingerprint density at radius 2 is 1.81 bits per heavy atom. The molecule has 0 saturated heterocycles. The van der Waals surface area contributed by atoms with Crippen LogP contribution in [0.2, 0.25) is 0 Å². The van der Waals surface area contributed by atoms with E-state index in [-0.39, 0.29) is 11.9 Å². The second kappa shape index (κ2) is 9.00. The number of rotatable bonds is 5. The summed E-state index contributed by atoms with van der Waals surface area (Å²) in [7, 11) is 3.44. The van der Waals surface area contributed by atoms with Gasteiger partial charge in [-0.3, -0.25) is 9.69 Å². The van der Waals surface area contributed by atoms with Crippen LogP contribution in [0, 0.1) is 0 Å². The molecule has 1 aromatic rings. The van der Waals surface area contributed by atoms with E-state index >= 15 is 0 Å². The summed E-state index contributed by atoms with van der Waals surface area (Å²) >= 11 is 1.56. The Kier molecular flexibility index (Phi) is 6.70. The molecule has 1 fully saturated rings. The van der Waals surface area contributed by atoms with Gasteiger partial charge < -0.3 is 10.1 Å². The first kappa shape index (κ1) is 19.4. The zero-order chi connectivity index (χ0) is 18.5. The van der Waals surface area contributed by atoms with Crippen LogP contribution in [0.1, 0.15) is 72.2 Å². The van der Waals surface area contributed by atoms with Crippen LogP contribution in [0.3, 0.4) is 0 Å². The fourth-order valence-corrected chi connectivity index (χ4v) is 5.49. The molecule has 144 valence electrons. The molecule has 1 aromatic heterocycles. The van der Waals surface area contributed by atoms with Gasteiger partial charge in [0.15, 0.2) is 0 Å². The van der Waals surface area contributed by atoms with Gasteiger partial charge in [0, 0.05) is 10.9 Å². The number of hydrogen-bond donors (Lipinski definition) is 1. The Labute approximate surface area is 160 Å². The second-order valence-corrected chi connectivity index (χ2v) is 8.62. The van der Waals surface area contributed by atoms with Crippen LogP contribution >= 0.6 is 11.3 Å². The highest BCUT2D eigenvalue weighted by atomic mass is 32.1. The topological polar surface area (TPSA) is 58.6 Å². The van der Waals surface area contributed by atoms with Crippen LogP contribution in [0.5, 0.6) is 0 Å². The van der Waals surface area contributed by atoms with Crippen molar-refractivity contribution in [2.24, 2.45) is 0 Å². The number of anilines is 1. The van der Waals surface area contributed by atoms with Crippen molar-refractivity contribution >= 4 is 28.2 Å². The predicted molar refractivity (Wildman–Crippen MR) is 105 cm³/mol. The molecule has 26 heavy (non-hydrogen) atoms. The zero-order valence-electron chi connectivity index (χ0n) is 15.9. The van der Waals surface area contributed by atoms with Crippen molar-refractivity contribution in [3.05, 3.63) is 16.0 Å². The standard InChI is InChI=1S/C20H30N2O3S/c1-22(14-9-5-3-6-10-14)13-17(23)21-19-18(20(24)25-2)15-11-7-4-8-12-16(15)26-19/h14H,3-13H2,1-2H3,(H,21,23). The number of nitrogens with zero attached hydrogens (tertiary/aromatic N) is 1. The van der Waals surface area contributed by atoms with Gasteiger partial charge in [0.25, 0.3) is 0 Å². The largest absolute Gasteiger partial charge is 0.465 e. The van der Waals surface area contributed by atoms with Crippen molar-refractivity contribution in [1.82, 2.24) is 4.90 Å². The first-order valence-corrected chi connectivity index (χ1v) is 10.6. The lowest BCUT2D eigenvalue weighted by Gasteiger charge is -2.30. The third-order valence-electron chi connectivity index (χ3n) is 5.65. The summed E-state index contributed by atoms with van der Waals surface area (Å²) in [4.78, 5) is 28.4. The molecular weight excluding hydrogens is 348 g/mol. The van der Waals surface area contributed by atoms with Crippen molar-refractivity contribution in [3.63, 3.8) is 0 Å². The van der Waals surface area contributed by atoms with Crippen molar-refractivity contribution < 1.29 is 14.3 Å². The van der Waals surface area contributed by atoms with E-state index in [2.05, 4.69) is 10.2 Å². The number of carbonyl (C=O) groups excluding carboxylic acids is 2. The van der Waals surface area contributed by atoms with Crippen LogP contribution in [0.25, 0.3) is 0 Å². The normalized spacial score (nSPS) is 18.3. The number of thiophene rings is 1. The summed E-state index contributed by atoms with van der Waals surface area (Å²) in [5.74, 6) is -0.375. The molecule has 0 radical (unpaired) electrons. The molecule has 1 amide bonds. The molecule has 2 aliphatic rings. The number of carbonyl (C=O) groups is 2. The molecule has 0 unspecified atom stereocenters. The summed E-state index contributed by atoms with van der Waals surface area (Å²) in [6.45, 7) is 0.369. The highest BCUT2D eigenvalue weighted by Crippen LogP contribution is 2.38. The lowest BCUT2D eigenvalue weighted by atomic mass is 9.94. The number of nitrogens with one attached hydrogen (secondary N) is 1. The summed E-state index contributed by atoms with van der Waals surface area (Å²) < 4.78 is 5.01. The molecule has 6 heteroatoms. The Balaban J connectivity index is 1.71. The van der Waals surface area contributed by atoms with Gasteiger partial charge >= 0.3 is 5.97 Å². The first-order chi connectivity index (χ1) is 12.6. The lowest BCUT2D eigenvalue weighted by molar-refractivity contribution is -0.117. The monoisotopic (exact) mass is 378 g/mol. The predicted octanol–water partition coefficient (Wildman–Crippen LogP) is 4.01. The fourth-order valence-electron chi connectivity index (χ4n) is 4.19. The van der Waals surface area contributed by atoms with Crippen LogP contribution in [0.15, 0.2) is 0 Å². The molecule has 5 nitrogen and oxygen atoms in total. The van der Waals surface area contributed by atoms with Gasteiger partial charge in [0.05, 0.1) is 19.2 Å². The average molecular weight is 379 g/mol. The van der Waals surface area contributed by atoms with Crippen molar-refractivity contribution in [1.29, 1.82) is 0 Å². The maximum atomic E-state index is 12.6. The van der Waals surface area contributed by atoms with Crippen molar-refractivity contribution in [3.8, 4) is 0 Å². The van der Waals surface area contributed by atoms with Gasteiger partial charge in [-0.15, -0.1) is 11.3 Å². The SMILES string of the molecule is COC(=O)c1c(NC(=O)CN(C)C2CCCCC2)sc2c1CCCCC2. The molecular formula is C20H30N2O3S. The van der Waals surface area contributed by atoms with Crippen LogP contribution < -0.4 is 5.32 Å². The van der Waals surface area contributed by atoms with E-state index in [9.17, 15) is 9.59 Å². The molecule has 2 aliphatic carbocycles. The fraction of sp³-hybridized carbons (Fsp3) is 0.700. The summed E-state index contributed by atoms with van der Waals surface area (Å²) in [5.41, 5.74) is 1.68. The maximum absolute atomic E-state index is 12.6. The molecule has 1 N–H and O–H groups in total. The minimum Gasteiger partial charge on any atom is -0.465 e. The third-order valence-corrected chi connectivity index (χ3v) is 6.86. The summed E-state index contributed by atoms with van der Waals surface area (Å²) in [6.07, 6.45) is 11.5. The molecule has 0 atom stereocenters. The van der Waals surface area contributed by atoms with Crippen LogP contribution in [-0.2, 0) is 22.4 Å². The summed E-state index contributed by atoms with van der Waals surface area (Å²) in [6, 6.07) is 0.495. The Bertz CT molecular complexity index is 650. The highest BCUT2D eigenvalue weighted by Gasteiger charge is 2.27. The van der Waals surface area contributed by atoms with E-state index < -0.39 is 0 Å². The third kappa shape index (κ3) is 4.46. The number of aryl methyl sites for hydroxylation is 1. The minimum atomic E-state index is -0.333. The molecule has 3 rings (SSSR count). The van der Waals surface area contributed by atoms with Gasteiger partial charge in [-0.2, -0.15) is 0 Å². The number of methoxy groups -OCH3 is 1. The van der Waals surface area contributed by atoms with Gasteiger partial charge in [0.1, 0.15) is 5.00 Å². The van der Waals surface area contributed by atoms with Crippen LogP contribution in [0.4, 0.5) is 5.00 Å². The number of fused-ring (bicyclic) bond motifs is 1. The van der Waals surface area contributed by atoms with Crippen molar-refractivity contribution in [2.75, 3.05) is 26.0 Å². The molecule has 1 heterocycles. The van der Waals surface area contributed by atoms with E-state index in [1.165, 1.54) is 50.5 Å². The molecule has 0 bridgehead atoms. The quantitative estimate of drug-likeness (QED) is 0.621. The first-order valence-electron chi connectivity index (χ1n) is 9.83. The van der Waals surface area contributed by atoms with Crippen LogP contribution in [-0.4, -0.2) is 43.5 Å². The van der Waals surface area contributed by atoms with Gasteiger partial charge in [0.2, 0.25) is 5.91 Å². The number of esters is 1. The smallest absolute Gasteiger partial charge is 0.341 e. The highest BCUT2D eigenvalue weighted by molar-refractivity contribution is 7.17. The Morgan fingerprint density at radius 1 is 1.12 bits per heavy atom. The number of hydrogen-bond acceptors (Lipinski definition) is 5. The Morgan fingerprint density at radius 3 is 2.54 bits per heavy atom. The lowest BCUT2D eigenvalue weighted by Crippen LogP contribution is -2.39. The van der Waals surface area contributed by atoms with Gasteiger partial charge in [-0.05, 0) is 51.1 Å². The number of amides is 1. The molecule has 0 spiro atoms. The minimum absolute atomic E-state index is 0.0420. The van der Waals surface area contributed by atoms with Gasteiger partial charge in [-0.25, -0.2) is 4.79 Å². The molecule has 0 aliphatic heterocycles. The number of ether oxygens (including phenoxy) is 1. The Hall–Kier alpha value is -1.40. The van der Waals surface area contributed by atoms with E-state index in [1.54, 1.807) is 11.3 Å². The van der Waals surface area contributed by atoms with Crippen molar-refractivity contribution in [2.45, 2.75) is 70.3 Å². The maximum Gasteiger partial charge on any atom is 0.341 e. The second-order valence-electron chi connectivity index (χ2n) is 7.52. The molecule has 0 aromatic carbocycles. The van der Waals surface area contributed by atoms with E-state index in [0.717, 1.165) is 31.2 Å². The average Bonchev–Trinajstić information content (AvgIpc) is 2.82.